The average molecular weight is 418 g/mol. The summed E-state index contributed by atoms with van der Waals surface area (Å²) in [6.07, 6.45) is -3.26. The Labute approximate surface area is 168 Å². The van der Waals surface area contributed by atoms with E-state index in [1.165, 1.54) is 10.9 Å². The molecule has 0 atom stereocenters. The van der Waals surface area contributed by atoms with E-state index >= 15 is 0 Å². The summed E-state index contributed by atoms with van der Waals surface area (Å²) in [6, 6.07) is 10.8. The zero-order chi connectivity index (χ0) is 21.7. The second-order valence-electron chi connectivity index (χ2n) is 6.42. The van der Waals surface area contributed by atoms with E-state index in [1.807, 2.05) is 0 Å². The largest absolute Gasteiger partial charge is 0.416 e. The van der Waals surface area contributed by atoms with E-state index in [1.54, 1.807) is 24.3 Å². The van der Waals surface area contributed by atoms with Crippen LogP contribution in [0.4, 0.5) is 18.9 Å². The van der Waals surface area contributed by atoms with Gasteiger partial charge in [-0.05, 0) is 36.4 Å². The Hall–Kier alpha value is -3.69. The summed E-state index contributed by atoms with van der Waals surface area (Å²) < 4.78 is 38.8. The number of benzene rings is 2. The minimum atomic E-state index is -4.45. The van der Waals surface area contributed by atoms with Crippen LogP contribution in [0.15, 0.2) is 59.7 Å². The molecule has 0 aliphatic rings. The van der Waals surface area contributed by atoms with Crippen LogP contribution in [0.2, 0.25) is 0 Å². The maximum atomic E-state index is 12.5. The number of nitrogens with one attached hydrogen (secondary N) is 2. The first kappa shape index (κ1) is 21.0. The maximum absolute atomic E-state index is 12.5. The van der Waals surface area contributed by atoms with Crippen molar-refractivity contribution >= 4 is 28.4 Å². The molecule has 0 saturated heterocycles. The molecule has 10 heteroatoms. The van der Waals surface area contributed by atoms with Gasteiger partial charge in [0.05, 0.1) is 22.8 Å². The Kier molecular flexibility index (Phi) is 6.14. The third-order valence-corrected chi connectivity index (χ3v) is 4.22. The number of carbonyl (C=O) groups is 2. The van der Waals surface area contributed by atoms with E-state index < -0.39 is 23.6 Å². The van der Waals surface area contributed by atoms with Gasteiger partial charge in [0.25, 0.3) is 5.56 Å². The monoisotopic (exact) mass is 418 g/mol. The summed E-state index contributed by atoms with van der Waals surface area (Å²) in [7, 11) is 0. The number of amides is 2. The summed E-state index contributed by atoms with van der Waals surface area (Å²) in [5, 5.41) is 5.36. The van der Waals surface area contributed by atoms with Crippen molar-refractivity contribution < 1.29 is 22.8 Å². The molecule has 0 bridgehead atoms. The zero-order valence-electron chi connectivity index (χ0n) is 15.6. The number of hydrogen-bond donors (Lipinski definition) is 2. The van der Waals surface area contributed by atoms with Crippen molar-refractivity contribution in [3.63, 3.8) is 0 Å². The molecule has 2 aromatic carbocycles. The van der Waals surface area contributed by atoms with Crippen molar-refractivity contribution in [1.29, 1.82) is 0 Å². The van der Waals surface area contributed by atoms with E-state index in [0.717, 1.165) is 24.3 Å². The summed E-state index contributed by atoms with van der Waals surface area (Å²) in [6.45, 7) is -0.252. The second kappa shape index (κ2) is 8.76. The van der Waals surface area contributed by atoms with Crippen molar-refractivity contribution in [2.45, 2.75) is 19.1 Å². The second-order valence-corrected chi connectivity index (χ2v) is 6.42. The molecule has 1 aromatic heterocycles. The van der Waals surface area contributed by atoms with Crippen molar-refractivity contribution in [2.24, 2.45) is 0 Å². The Bertz CT molecular complexity index is 1120. The number of nitrogens with zero attached hydrogens (tertiary/aromatic N) is 2. The Morgan fingerprint density at radius 3 is 2.40 bits per heavy atom. The van der Waals surface area contributed by atoms with Crippen molar-refractivity contribution in [3.8, 4) is 0 Å². The molecule has 0 radical (unpaired) electrons. The Balaban J connectivity index is 1.48. The van der Waals surface area contributed by atoms with Crippen LogP contribution >= 0.6 is 0 Å². The van der Waals surface area contributed by atoms with Gasteiger partial charge in [0.15, 0.2) is 0 Å². The molecule has 0 saturated carbocycles. The van der Waals surface area contributed by atoms with Crippen LogP contribution in [0.3, 0.4) is 0 Å². The van der Waals surface area contributed by atoms with E-state index in [-0.39, 0.29) is 30.8 Å². The van der Waals surface area contributed by atoms with E-state index in [0.29, 0.717) is 10.9 Å². The van der Waals surface area contributed by atoms with Crippen LogP contribution in [-0.2, 0) is 22.3 Å². The molecule has 0 aliphatic heterocycles. The van der Waals surface area contributed by atoms with Crippen molar-refractivity contribution in [2.75, 3.05) is 11.9 Å². The predicted octanol–water partition coefficient (Wildman–Crippen LogP) is 2.56. The number of alkyl halides is 3. The summed E-state index contributed by atoms with van der Waals surface area (Å²) in [5.74, 6) is -0.948. The Morgan fingerprint density at radius 1 is 1.00 bits per heavy atom. The normalized spacial score (nSPS) is 11.3. The molecule has 0 fully saturated rings. The number of para-hydroxylation sites is 1. The first-order chi connectivity index (χ1) is 14.2. The summed E-state index contributed by atoms with van der Waals surface area (Å²) in [4.78, 5) is 40.4. The standard InChI is InChI=1S/C20H17F3N4O3/c21-20(22,23)13-5-7-14(8-6-13)26-17(28)9-10-24-18(29)11-27-12-25-16-4-2-1-3-15(16)19(27)30/h1-8,12H,9-11H2,(H,24,29)(H,26,28). The number of hydrogen-bond acceptors (Lipinski definition) is 4. The molecule has 2 amide bonds. The lowest BCUT2D eigenvalue weighted by Crippen LogP contribution is -2.34. The highest BCUT2D eigenvalue weighted by atomic mass is 19.4. The van der Waals surface area contributed by atoms with Crippen LogP contribution in [-0.4, -0.2) is 27.9 Å². The predicted molar refractivity (Wildman–Crippen MR) is 104 cm³/mol. The van der Waals surface area contributed by atoms with Gasteiger partial charge in [-0.15, -0.1) is 0 Å². The van der Waals surface area contributed by atoms with Crippen LogP contribution in [0.1, 0.15) is 12.0 Å². The fourth-order valence-corrected chi connectivity index (χ4v) is 2.71. The fourth-order valence-electron chi connectivity index (χ4n) is 2.71. The van der Waals surface area contributed by atoms with E-state index in [9.17, 15) is 27.6 Å². The van der Waals surface area contributed by atoms with E-state index in [2.05, 4.69) is 15.6 Å². The zero-order valence-corrected chi connectivity index (χ0v) is 15.6. The van der Waals surface area contributed by atoms with Gasteiger partial charge in [-0.1, -0.05) is 12.1 Å². The molecular formula is C20H17F3N4O3. The van der Waals surface area contributed by atoms with Gasteiger partial charge in [0, 0.05) is 18.7 Å². The first-order valence-electron chi connectivity index (χ1n) is 8.92. The molecule has 156 valence electrons. The van der Waals surface area contributed by atoms with Gasteiger partial charge < -0.3 is 10.6 Å². The SMILES string of the molecule is O=C(Cn1cnc2ccccc2c1=O)NCCC(=O)Nc1ccc(C(F)(F)F)cc1. The molecular weight excluding hydrogens is 401 g/mol. The number of fused-ring (bicyclic) bond motifs is 1. The average Bonchev–Trinajstić information content (AvgIpc) is 2.70. The van der Waals surface area contributed by atoms with Gasteiger partial charge in [-0.25, -0.2) is 4.98 Å². The van der Waals surface area contributed by atoms with Gasteiger partial charge >= 0.3 is 6.18 Å². The lowest BCUT2D eigenvalue weighted by molar-refractivity contribution is -0.137. The smallest absolute Gasteiger partial charge is 0.354 e. The van der Waals surface area contributed by atoms with Crippen LogP contribution < -0.4 is 16.2 Å². The minimum absolute atomic E-state index is 0.00105. The lowest BCUT2D eigenvalue weighted by Gasteiger charge is -2.10. The highest BCUT2D eigenvalue weighted by molar-refractivity contribution is 5.91. The number of rotatable bonds is 6. The van der Waals surface area contributed by atoms with Crippen LogP contribution in [0, 0.1) is 0 Å². The van der Waals surface area contributed by atoms with Crippen molar-refractivity contribution in [1.82, 2.24) is 14.9 Å². The topological polar surface area (TPSA) is 93.1 Å². The molecule has 0 unspecified atom stereocenters. The number of anilines is 1. The molecule has 7 nitrogen and oxygen atoms in total. The summed E-state index contributed by atoms with van der Waals surface area (Å²) in [5.41, 5.74) is -0.422. The number of carbonyl (C=O) groups excluding carboxylic acids is 2. The molecule has 3 rings (SSSR count). The minimum Gasteiger partial charge on any atom is -0.354 e. The Morgan fingerprint density at radius 2 is 1.70 bits per heavy atom. The lowest BCUT2D eigenvalue weighted by atomic mass is 10.2. The number of aromatic nitrogens is 2. The van der Waals surface area contributed by atoms with Gasteiger partial charge in [0.1, 0.15) is 6.54 Å². The highest BCUT2D eigenvalue weighted by Gasteiger charge is 2.29. The fraction of sp³-hybridized carbons (Fsp3) is 0.200. The molecule has 0 spiro atoms. The molecule has 2 N–H and O–H groups in total. The van der Waals surface area contributed by atoms with Crippen LogP contribution in [0.5, 0.6) is 0 Å². The summed E-state index contributed by atoms with van der Waals surface area (Å²) >= 11 is 0. The van der Waals surface area contributed by atoms with Crippen LogP contribution in [0.25, 0.3) is 10.9 Å². The van der Waals surface area contributed by atoms with Crippen molar-refractivity contribution in [3.05, 3.63) is 70.8 Å². The highest BCUT2D eigenvalue weighted by Crippen LogP contribution is 2.29. The third kappa shape index (κ3) is 5.22. The molecule has 30 heavy (non-hydrogen) atoms. The quantitative estimate of drug-likeness (QED) is 0.644. The molecule has 0 aliphatic carbocycles. The first-order valence-corrected chi connectivity index (χ1v) is 8.92. The molecule has 1 heterocycles. The third-order valence-electron chi connectivity index (χ3n) is 4.22. The van der Waals surface area contributed by atoms with Gasteiger partial charge in [0.2, 0.25) is 11.8 Å². The van der Waals surface area contributed by atoms with Gasteiger partial charge in [-0.3, -0.25) is 19.0 Å². The molecule has 3 aromatic rings. The maximum Gasteiger partial charge on any atom is 0.416 e. The van der Waals surface area contributed by atoms with E-state index in [4.69, 9.17) is 0 Å². The van der Waals surface area contributed by atoms with Gasteiger partial charge in [-0.2, -0.15) is 13.2 Å². The number of halogens is 3.